The average Bonchev–Trinajstić information content (AvgIpc) is 2.99. The van der Waals surface area contributed by atoms with Crippen LogP contribution in [0.4, 0.5) is 0 Å². The second kappa shape index (κ2) is 5.41. The predicted octanol–water partition coefficient (Wildman–Crippen LogP) is 3.04. The molecule has 1 aromatic heterocycles. The molecule has 2 N–H and O–H groups in total. The van der Waals surface area contributed by atoms with Gasteiger partial charge in [-0.25, -0.2) is 0 Å². The molecule has 120 valence electrons. The smallest absolute Gasteiger partial charge is 0.226 e. The Labute approximate surface area is 131 Å². The maximum absolute atomic E-state index is 12.7. The lowest BCUT2D eigenvalue weighted by atomic mass is 9.49. The van der Waals surface area contributed by atoms with Crippen molar-refractivity contribution in [1.29, 1.82) is 0 Å². The summed E-state index contributed by atoms with van der Waals surface area (Å²) in [6.45, 7) is 0.516. The van der Waals surface area contributed by atoms with Crippen LogP contribution < -0.4 is 5.32 Å². The van der Waals surface area contributed by atoms with Crippen LogP contribution in [0.2, 0.25) is 0 Å². The van der Waals surface area contributed by atoms with Crippen molar-refractivity contribution in [3.63, 3.8) is 0 Å². The van der Waals surface area contributed by atoms with Gasteiger partial charge in [0.25, 0.3) is 0 Å². The normalized spacial score (nSPS) is 37.2. The third kappa shape index (κ3) is 2.47. The molecule has 5 rings (SSSR count). The van der Waals surface area contributed by atoms with Crippen LogP contribution in [-0.2, 0) is 4.79 Å². The number of carbonyl (C=O) groups is 1. The van der Waals surface area contributed by atoms with Crippen LogP contribution in [0, 0.1) is 23.2 Å². The number of hydrogen-bond donors (Lipinski definition) is 2. The molecule has 22 heavy (non-hydrogen) atoms. The maximum atomic E-state index is 12.7. The van der Waals surface area contributed by atoms with Crippen molar-refractivity contribution in [3.05, 3.63) is 24.2 Å². The van der Waals surface area contributed by atoms with Gasteiger partial charge in [-0.15, -0.1) is 0 Å². The first kappa shape index (κ1) is 14.3. The summed E-state index contributed by atoms with van der Waals surface area (Å²) >= 11 is 0. The van der Waals surface area contributed by atoms with E-state index in [-0.39, 0.29) is 11.3 Å². The highest BCUT2D eigenvalue weighted by Crippen LogP contribution is 2.60. The average molecular weight is 303 g/mol. The third-order valence-corrected chi connectivity index (χ3v) is 6.09. The zero-order valence-corrected chi connectivity index (χ0v) is 13.0. The van der Waals surface area contributed by atoms with Gasteiger partial charge in [-0.1, -0.05) is 0 Å². The summed E-state index contributed by atoms with van der Waals surface area (Å²) in [5, 5.41) is 13.1. The van der Waals surface area contributed by atoms with Gasteiger partial charge in [0.05, 0.1) is 6.26 Å². The van der Waals surface area contributed by atoms with Crippen molar-refractivity contribution in [1.82, 2.24) is 5.32 Å². The molecule has 1 heterocycles. The van der Waals surface area contributed by atoms with E-state index >= 15 is 0 Å². The molecule has 0 saturated heterocycles. The lowest BCUT2D eigenvalue weighted by molar-refractivity contribution is -0.146. The molecule has 1 amide bonds. The number of rotatable bonds is 5. The Morgan fingerprint density at radius 3 is 2.45 bits per heavy atom. The number of amides is 1. The minimum atomic E-state index is -0.633. The highest BCUT2D eigenvalue weighted by Gasteiger charge is 2.54. The van der Waals surface area contributed by atoms with Crippen molar-refractivity contribution in [2.45, 2.75) is 51.0 Å². The maximum Gasteiger partial charge on any atom is 0.226 e. The lowest BCUT2D eigenvalue weighted by Gasteiger charge is -2.55. The third-order valence-electron chi connectivity index (χ3n) is 6.09. The summed E-state index contributed by atoms with van der Waals surface area (Å²) in [7, 11) is 0. The van der Waals surface area contributed by atoms with Gasteiger partial charge in [0.2, 0.25) is 5.91 Å². The Morgan fingerprint density at radius 1 is 1.27 bits per heavy atom. The zero-order chi connectivity index (χ0) is 15.2. The van der Waals surface area contributed by atoms with Crippen molar-refractivity contribution in [3.8, 4) is 0 Å². The second-order valence-corrected chi connectivity index (χ2v) is 7.77. The van der Waals surface area contributed by atoms with Crippen molar-refractivity contribution in [2.24, 2.45) is 23.2 Å². The highest BCUT2D eigenvalue weighted by atomic mass is 16.4. The number of aliphatic hydroxyl groups excluding tert-OH is 1. The summed E-state index contributed by atoms with van der Waals surface area (Å²) in [4.78, 5) is 12.7. The predicted molar refractivity (Wildman–Crippen MR) is 81.9 cm³/mol. The molecule has 4 aliphatic carbocycles. The van der Waals surface area contributed by atoms with E-state index in [4.69, 9.17) is 4.42 Å². The second-order valence-electron chi connectivity index (χ2n) is 7.77. The number of nitrogens with one attached hydrogen (secondary N) is 1. The van der Waals surface area contributed by atoms with E-state index in [0.29, 0.717) is 18.7 Å². The number of furan rings is 1. The molecule has 0 spiro atoms. The van der Waals surface area contributed by atoms with Gasteiger partial charge in [0, 0.05) is 12.0 Å². The summed E-state index contributed by atoms with van der Waals surface area (Å²) in [5.41, 5.74) is -0.0929. The van der Waals surface area contributed by atoms with E-state index in [0.717, 1.165) is 37.0 Å². The Bertz CT molecular complexity index is 501. The van der Waals surface area contributed by atoms with Gasteiger partial charge in [-0.2, -0.15) is 0 Å². The quantitative estimate of drug-likeness (QED) is 0.879. The van der Waals surface area contributed by atoms with Gasteiger partial charge in [-0.05, 0) is 74.8 Å². The summed E-state index contributed by atoms with van der Waals surface area (Å²) in [6, 6.07) is 3.54. The van der Waals surface area contributed by atoms with Crippen molar-refractivity contribution >= 4 is 5.91 Å². The molecule has 0 unspecified atom stereocenters. The minimum absolute atomic E-state index is 0.0929. The van der Waals surface area contributed by atoms with E-state index in [1.54, 1.807) is 18.4 Å². The summed E-state index contributed by atoms with van der Waals surface area (Å²) < 4.78 is 5.19. The molecule has 1 atom stereocenters. The lowest BCUT2D eigenvalue weighted by Crippen LogP contribution is -2.53. The molecule has 0 radical (unpaired) electrons. The highest BCUT2D eigenvalue weighted by molar-refractivity contribution is 5.83. The molecule has 4 saturated carbocycles. The number of carbonyl (C=O) groups excluding carboxylic acids is 1. The summed E-state index contributed by atoms with van der Waals surface area (Å²) in [6.07, 6.45) is 8.75. The van der Waals surface area contributed by atoms with Crippen LogP contribution in [-0.4, -0.2) is 17.6 Å². The monoisotopic (exact) mass is 303 g/mol. The largest absolute Gasteiger partial charge is 0.467 e. The van der Waals surface area contributed by atoms with Crippen LogP contribution in [0.25, 0.3) is 0 Å². The SMILES string of the molecule is O=C(NCC[C@H](O)c1ccco1)C12CC3CC(CC(C3)C1)C2. The molecule has 0 aromatic carbocycles. The van der Waals surface area contributed by atoms with Crippen molar-refractivity contribution < 1.29 is 14.3 Å². The zero-order valence-electron chi connectivity index (χ0n) is 13.0. The molecule has 0 aliphatic heterocycles. The minimum Gasteiger partial charge on any atom is -0.467 e. The number of aliphatic hydroxyl groups is 1. The Hall–Kier alpha value is -1.29. The van der Waals surface area contributed by atoms with Gasteiger partial charge >= 0.3 is 0 Å². The Balaban J connectivity index is 1.33. The first-order valence-electron chi connectivity index (χ1n) is 8.64. The van der Waals surface area contributed by atoms with Crippen LogP contribution in [0.5, 0.6) is 0 Å². The number of hydrogen-bond acceptors (Lipinski definition) is 3. The van der Waals surface area contributed by atoms with Crippen LogP contribution in [0.15, 0.2) is 22.8 Å². The van der Waals surface area contributed by atoms with E-state index < -0.39 is 6.10 Å². The van der Waals surface area contributed by atoms with Crippen LogP contribution in [0.1, 0.15) is 56.8 Å². The van der Waals surface area contributed by atoms with Gasteiger partial charge < -0.3 is 14.8 Å². The van der Waals surface area contributed by atoms with E-state index in [9.17, 15) is 9.90 Å². The van der Waals surface area contributed by atoms with E-state index in [2.05, 4.69) is 5.32 Å². The first-order chi connectivity index (χ1) is 10.6. The first-order valence-corrected chi connectivity index (χ1v) is 8.64. The molecular formula is C18H25NO3. The van der Waals surface area contributed by atoms with Crippen LogP contribution >= 0.6 is 0 Å². The topological polar surface area (TPSA) is 62.5 Å². The van der Waals surface area contributed by atoms with Crippen LogP contribution in [0.3, 0.4) is 0 Å². The fourth-order valence-electron chi connectivity index (χ4n) is 5.52. The Morgan fingerprint density at radius 2 is 1.91 bits per heavy atom. The molecule has 1 aromatic rings. The fourth-order valence-corrected chi connectivity index (χ4v) is 5.52. The van der Waals surface area contributed by atoms with E-state index in [1.807, 2.05) is 0 Å². The fraction of sp³-hybridized carbons (Fsp3) is 0.722. The van der Waals surface area contributed by atoms with Gasteiger partial charge in [0.15, 0.2) is 0 Å². The van der Waals surface area contributed by atoms with Crippen molar-refractivity contribution in [2.75, 3.05) is 6.54 Å². The molecule has 4 bridgehead atoms. The summed E-state index contributed by atoms with van der Waals surface area (Å²) in [5.74, 6) is 3.16. The van der Waals surface area contributed by atoms with Gasteiger partial charge in [-0.3, -0.25) is 4.79 Å². The molecular weight excluding hydrogens is 278 g/mol. The standard InChI is InChI=1S/C18H25NO3/c20-15(16-2-1-5-22-16)3-4-19-17(21)18-9-12-6-13(10-18)8-14(7-12)11-18/h1-2,5,12-15,20H,3-4,6-11H2,(H,19,21)/t12?,13?,14?,15-,18?/m0/s1. The molecule has 4 aliphatic rings. The molecule has 4 nitrogen and oxygen atoms in total. The molecule has 4 fully saturated rings. The molecule has 4 heteroatoms. The van der Waals surface area contributed by atoms with E-state index in [1.165, 1.54) is 19.3 Å². The van der Waals surface area contributed by atoms with Gasteiger partial charge in [0.1, 0.15) is 11.9 Å². The Kier molecular flexibility index (Phi) is 3.52.